The highest BCUT2D eigenvalue weighted by atomic mass is 16.4. The molecule has 6 heteroatoms. The number of aliphatic carboxylic acids is 1. The maximum absolute atomic E-state index is 10.8. The molecule has 2 atom stereocenters. The molecule has 1 aromatic heterocycles. The third kappa shape index (κ3) is 2.06. The summed E-state index contributed by atoms with van der Waals surface area (Å²) in [5, 5.41) is 24.5. The zero-order valence-corrected chi connectivity index (χ0v) is 9.87. The summed E-state index contributed by atoms with van der Waals surface area (Å²) in [5.74, 6) is -0.0532. The molecular weight excluding hydrogens is 244 g/mol. The average Bonchev–Trinajstić information content (AvgIpc) is 3.09. The van der Waals surface area contributed by atoms with Gasteiger partial charge in [0.25, 0.3) is 0 Å². The summed E-state index contributed by atoms with van der Waals surface area (Å²) in [7, 11) is 0. The first-order valence-electron chi connectivity index (χ1n) is 5.84. The van der Waals surface area contributed by atoms with Crippen molar-refractivity contribution < 1.29 is 9.90 Å². The van der Waals surface area contributed by atoms with Crippen LogP contribution in [-0.4, -0.2) is 26.3 Å². The number of carboxylic acid groups (broad SMARTS) is 1. The van der Waals surface area contributed by atoms with Crippen molar-refractivity contribution in [2.24, 2.45) is 5.92 Å². The van der Waals surface area contributed by atoms with E-state index in [1.807, 2.05) is 6.07 Å². The normalized spacial score (nSPS) is 20.8. The van der Waals surface area contributed by atoms with Crippen LogP contribution in [0.5, 0.6) is 0 Å². The Morgan fingerprint density at radius 3 is 2.74 bits per heavy atom. The maximum Gasteiger partial charge on any atom is 0.307 e. The van der Waals surface area contributed by atoms with Gasteiger partial charge in [0.2, 0.25) is 0 Å². The summed E-state index contributed by atoms with van der Waals surface area (Å²) >= 11 is 0. The molecule has 6 nitrogen and oxygen atoms in total. The van der Waals surface area contributed by atoms with Gasteiger partial charge in [-0.05, 0) is 30.7 Å². The van der Waals surface area contributed by atoms with E-state index in [9.17, 15) is 4.79 Å². The van der Waals surface area contributed by atoms with E-state index in [1.165, 1.54) is 0 Å². The van der Waals surface area contributed by atoms with Gasteiger partial charge in [0.05, 0.1) is 17.6 Å². The Morgan fingerprint density at radius 2 is 2.16 bits per heavy atom. The first kappa shape index (κ1) is 11.4. The van der Waals surface area contributed by atoms with Gasteiger partial charge >= 0.3 is 5.97 Å². The molecule has 19 heavy (non-hydrogen) atoms. The molecule has 0 spiro atoms. The summed E-state index contributed by atoms with van der Waals surface area (Å²) in [6.45, 7) is 0. The zero-order valence-electron chi connectivity index (χ0n) is 9.87. The summed E-state index contributed by atoms with van der Waals surface area (Å²) in [5.41, 5.74) is 1.38. The van der Waals surface area contributed by atoms with Crippen molar-refractivity contribution in [3.63, 3.8) is 0 Å². The van der Waals surface area contributed by atoms with Crippen LogP contribution in [0.2, 0.25) is 0 Å². The van der Waals surface area contributed by atoms with Crippen molar-refractivity contribution >= 4 is 5.97 Å². The molecule has 2 N–H and O–H groups in total. The number of nitrogens with one attached hydrogen (secondary N) is 1. The van der Waals surface area contributed by atoms with Crippen LogP contribution in [0.25, 0.3) is 11.4 Å². The fraction of sp³-hybridized carbons (Fsp3) is 0.231. The molecular formula is C13H10N4O2. The number of nitrogens with zero attached hydrogens (tertiary/aromatic N) is 3. The van der Waals surface area contributed by atoms with Crippen molar-refractivity contribution in [3.05, 3.63) is 35.7 Å². The lowest BCUT2D eigenvalue weighted by molar-refractivity contribution is -0.138. The van der Waals surface area contributed by atoms with E-state index in [2.05, 4.69) is 15.2 Å². The van der Waals surface area contributed by atoms with E-state index in [1.54, 1.807) is 24.3 Å². The molecule has 0 aliphatic heterocycles. The number of carboxylic acids is 1. The summed E-state index contributed by atoms with van der Waals surface area (Å²) in [6, 6.07) is 8.98. The number of rotatable bonds is 3. The standard InChI is InChI=1S/C13H10N4O2/c14-6-7-1-3-8(4-2-7)11-15-12(17-16-11)9-5-10(9)13(18)19/h1-4,9-10H,5H2,(H,18,19)(H,15,16,17)/t9-,10-/m1/s1. The molecule has 1 saturated carbocycles. The molecule has 3 rings (SSSR count). The molecule has 0 radical (unpaired) electrons. The van der Waals surface area contributed by atoms with Crippen molar-refractivity contribution in [3.8, 4) is 17.5 Å². The second-order valence-corrected chi connectivity index (χ2v) is 4.52. The van der Waals surface area contributed by atoms with Crippen molar-refractivity contribution in [1.82, 2.24) is 15.2 Å². The summed E-state index contributed by atoms with van der Waals surface area (Å²) in [4.78, 5) is 15.1. The van der Waals surface area contributed by atoms with Gasteiger partial charge < -0.3 is 5.11 Å². The first-order chi connectivity index (χ1) is 9.19. The Kier molecular flexibility index (Phi) is 2.53. The molecule has 2 aromatic rings. The van der Waals surface area contributed by atoms with E-state index in [0.717, 1.165) is 5.56 Å². The third-order valence-corrected chi connectivity index (χ3v) is 3.23. The van der Waals surface area contributed by atoms with Gasteiger partial charge in [-0.2, -0.15) is 10.4 Å². The Bertz CT molecular complexity index is 669. The second kappa shape index (κ2) is 4.21. The van der Waals surface area contributed by atoms with Gasteiger partial charge in [-0.15, -0.1) is 0 Å². The number of nitriles is 1. The summed E-state index contributed by atoms with van der Waals surface area (Å²) in [6.07, 6.45) is 0.608. The molecule has 0 amide bonds. The van der Waals surface area contributed by atoms with Gasteiger partial charge in [-0.3, -0.25) is 9.89 Å². The Hall–Kier alpha value is -2.68. The van der Waals surface area contributed by atoms with Crippen LogP contribution in [0.3, 0.4) is 0 Å². The second-order valence-electron chi connectivity index (χ2n) is 4.52. The molecule has 1 fully saturated rings. The van der Waals surface area contributed by atoms with Gasteiger partial charge in [-0.25, -0.2) is 4.98 Å². The number of hydrogen-bond acceptors (Lipinski definition) is 4. The smallest absolute Gasteiger partial charge is 0.307 e. The lowest BCUT2D eigenvalue weighted by atomic mass is 10.1. The topological polar surface area (TPSA) is 103 Å². The quantitative estimate of drug-likeness (QED) is 0.864. The van der Waals surface area contributed by atoms with Gasteiger partial charge in [0.15, 0.2) is 5.82 Å². The van der Waals surface area contributed by atoms with Gasteiger partial charge in [-0.1, -0.05) is 0 Å². The summed E-state index contributed by atoms with van der Waals surface area (Å²) < 4.78 is 0. The first-order valence-corrected chi connectivity index (χ1v) is 5.84. The highest BCUT2D eigenvalue weighted by Gasteiger charge is 2.46. The van der Waals surface area contributed by atoms with Gasteiger partial charge in [0.1, 0.15) is 5.82 Å². The van der Waals surface area contributed by atoms with Crippen LogP contribution < -0.4 is 0 Å². The Morgan fingerprint density at radius 1 is 1.42 bits per heavy atom. The van der Waals surface area contributed by atoms with Crippen LogP contribution in [-0.2, 0) is 4.79 Å². The monoisotopic (exact) mass is 254 g/mol. The van der Waals surface area contributed by atoms with E-state index in [0.29, 0.717) is 23.6 Å². The largest absolute Gasteiger partial charge is 0.481 e. The highest BCUT2D eigenvalue weighted by molar-refractivity contribution is 5.74. The molecule has 1 aromatic carbocycles. The fourth-order valence-electron chi connectivity index (χ4n) is 2.03. The molecule has 94 valence electrons. The fourth-order valence-corrected chi connectivity index (χ4v) is 2.03. The number of aromatic amines is 1. The maximum atomic E-state index is 10.8. The number of carbonyl (C=O) groups is 1. The molecule has 0 unspecified atom stereocenters. The van der Waals surface area contributed by atoms with Crippen LogP contribution in [0.1, 0.15) is 23.7 Å². The average molecular weight is 254 g/mol. The molecule has 0 bridgehead atoms. The van der Waals surface area contributed by atoms with Crippen LogP contribution >= 0.6 is 0 Å². The van der Waals surface area contributed by atoms with Gasteiger partial charge in [0, 0.05) is 11.5 Å². The van der Waals surface area contributed by atoms with Crippen LogP contribution in [0, 0.1) is 17.2 Å². The van der Waals surface area contributed by atoms with E-state index in [4.69, 9.17) is 10.4 Å². The van der Waals surface area contributed by atoms with Crippen LogP contribution in [0.4, 0.5) is 0 Å². The predicted molar refractivity (Wildman–Crippen MR) is 65.0 cm³/mol. The van der Waals surface area contributed by atoms with Crippen molar-refractivity contribution in [2.45, 2.75) is 12.3 Å². The van der Waals surface area contributed by atoms with E-state index < -0.39 is 5.97 Å². The Labute approximate surface area is 108 Å². The minimum Gasteiger partial charge on any atom is -0.481 e. The minimum atomic E-state index is -0.790. The number of hydrogen-bond donors (Lipinski definition) is 2. The van der Waals surface area contributed by atoms with E-state index in [-0.39, 0.29) is 11.8 Å². The molecule has 0 saturated heterocycles. The lowest BCUT2D eigenvalue weighted by Crippen LogP contribution is -1.99. The third-order valence-electron chi connectivity index (χ3n) is 3.23. The SMILES string of the molecule is N#Cc1ccc(-c2n[nH]c([C@@H]3C[C@H]3C(=O)O)n2)cc1. The molecule has 1 aliphatic carbocycles. The van der Waals surface area contributed by atoms with E-state index >= 15 is 0 Å². The predicted octanol–water partition coefficient (Wildman–Crippen LogP) is 1.53. The van der Waals surface area contributed by atoms with Crippen LogP contribution in [0.15, 0.2) is 24.3 Å². The molecule has 1 heterocycles. The minimum absolute atomic E-state index is 0.0582. The highest BCUT2D eigenvalue weighted by Crippen LogP contribution is 2.46. The van der Waals surface area contributed by atoms with Crippen molar-refractivity contribution in [2.75, 3.05) is 0 Å². The van der Waals surface area contributed by atoms with Crippen molar-refractivity contribution in [1.29, 1.82) is 5.26 Å². The lowest BCUT2D eigenvalue weighted by Gasteiger charge is -1.94. The number of aromatic nitrogens is 3. The number of benzene rings is 1. The molecule has 1 aliphatic rings. The Balaban J connectivity index is 1.81. The number of H-pyrrole nitrogens is 1. The zero-order chi connectivity index (χ0) is 13.4.